The molecular weight excluding hydrogens is 210 g/mol. The van der Waals surface area contributed by atoms with Crippen molar-refractivity contribution in [2.45, 2.75) is 44.4 Å². The van der Waals surface area contributed by atoms with E-state index in [-0.39, 0.29) is 0 Å². The van der Waals surface area contributed by atoms with E-state index in [0.29, 0.717) is 11.7 Å². The van der Waals surface area contributed by atoms with E-state index in [1.807, 2.05) is 0 Å². The van der Waals surface area contributed by atoms with Crippen LogP contribution in [0.2, 0.25) is 0 Å². The van der Waals surface area contributed by atoms with E-state index >= 15 is 0 Å². The molecule has 2 nitrogen and oxygen atoms in total. The summed E-state index contributed by atoms with van der Waals surface area (Å²) in [6, 6.07) is 8.46. The van der Waals surface area contributed by atoms with E-state index in [1.165, 1.54) is 11.1 Å². The molecule has 1 aromatic rings. The summed E-state index contributed by atoms with van der Waals surface area (Å²) in [6.07, 6.45) is 5.69. The number of carbonyl (C=O) groups excluding carboxylic acids is 1. The SMILES string of the molecule is NCCCCCC(=O)CC1Cc2ccccc21. The molecule has 0 amide bonds. The van der Waals surface area contributed by atoms with Crippen molar-refractivity contribution < 1.29 is 4.79 Å². The lowest BCUT2D eigenvalue weighted by Crippen LogP contribution is -2.20. The minimum Gasteiger partial charge on any atom is -0.330 e. The highest BCUT2D eigenvalue weighted by Gasteiger charge is 2.26. The predicted molar refractivity (Wildman–Crippen MR) is 70.0 cm³/mol. The topological polar surface area (TPSA) is 43.1 Å². The number of fused-ring (bicyclic) bond motifs is 1. The summed E-state index contributed by atoms with van der Waals surface area (Å²) >= 11 is 0. The highest BCUT2D eigenvalue weighted by Crippen LogP contribution is 2.37. The maximum absolute atomic E-state index is 11.8. The number of carbonyl (C=O) groups is 1. The maximum atomic E-state index is 11.8. The molecule has 0 saturated heterocycles. The lowest BCUT2D eigenvalue weighted by molar-refractivity contribution is -0.119. The van der Waals surface area contributed by atoms with Crippen molar-refractivity contribution >= 4 is 5.78 Å². The number of benzene rings is 1. The summed E-state index contributed by atoms with van der Waals surface area (Å²) in [5.74, 6) is 0.912. The number of hydrogen-bond acceptors (Lipinski definition) is 2. The molecule has 0 fully saturated rings. The van der Waals surface area contributed by atoms with Crippen LogP contribution in [0.3, 0.4) is 0 Å². The van der Waals surface area contributed by atoms with Crippen molar-refractivity contribution in [3.05, 3.63) is 35.4 Å². The van der Waals surface area contributed by atoms with Crippen molar-refractivity contribution in [2.24, 2.45) is 5.73 Å². The fourth-order valence-corrected chi connectivity index (χ4v) is 2.56. The molecule has 1 aromatic carbocycles. The zero-order valence-electron chi connectivity index (χ0n) is 10.3. The smallest absolute Gasteiger partial charge is 0.133 e. The zero-order valence-corrected chi connectivity index (χ0v) is 10.3. The molecule has 2 N–H and O–H groups in total. The molecule has 0 aromatic heterocycles. The van der Waals surface area contributed by atoms with Crippen LogP contribution in [-0.2, 0) is 11.2 Å². The van der Waals surface area contributed by atoms with Gasteiger partial charge in [0.25, 0.3) is 0 Å². The lowest BCUT2D eigenvalue weighted by Gasteiger charge is -2.29. The molecular formula is C15H21NO. The van der Waals surface area contributed by atoms with Crippen molar-refractivity contribution in [1.29, 1.82) is 0 Å². The summed E-state index contributed by atoms with van der Waals surface area (Å²) in [7, 11) is 0. The average Bonchev–Trinajstić information content (AvgIpc) is 2.32. The second-order valence-electron chi connectivity index (χ2n) is 4.94. The van der Waals surface area contributed by atoms with Gasteiger partial charge >= 0.3 is 0 Å². The van der Waals surface area contributed by atoms with Crippen molar-refractivity contribution in [3.8, 4) is 0 Å². The van der Waals surface area contributed by atoms with Crippen molar-refractivity contribution in [1.82, 2.24) is 0 Å². The van der Waals surface area contributed by atoms with Crippen LogP contribution in [0.4, 0.5) is 0 Å². The summed E-state index contributed by atoms with van der Waals surface area (Å²) in [5.41, 5.74) is 8.24. The van der Waals surface area contributed by atoms with Gasteiger partial charge in [-0.15, -0.1) is 0 Å². The average molecular weight is 231 g/mol. The van der Waals surface area contributed by atoms with Gasteiger partial charge in [-0.25, -0.2) is 0 Å². The molecule has 0 radical (unpaired) electrons. The molecule has 0 saturated carbocycles. The minimum absolute atomic E-state index is 0.418. The summed E-state index contributed by atoms with van der Waals surface area (Å²) in [5, 5.41) is 0. The Kier molecular flexibility index (Phi) is 4.32. The lowest BCUT2D eigenvalue weighted by atomic mass is 9.75. The van der Waals surface area contributed by atoms with Crippen molar-refractivity contribution in [2.75, 3.05) is 6.54 Å². The molecule has 0 bridgehead atoms. The van der Waals surface area contributed by atoms with Gasteiger partial charge in [-0.05, 0) is 42.9 Å². The van der Waals surface area contributed by atoms with Gasteiger partial charge < -0.3 is 5.73 Å². The quantitative estimate of drug-likeness (QED) is 0.733. The summed E-state index contributed by atoms with van der Waals surface area (Å²) in [6.45, 7) is 0.740. The van der Waals surface area contributed by atoms with Crippen molar-refractivity contribution in [3.63, 3.8) is 0 Å². The van der Waals surface area contributed by atoms with Gasteiger partial charge in [0.15, 0.2) is 0 Å². The standard InChI is InChI=1S/C15H21NO/c16-9-5-1-2-7-14(17)11-13-10-12-6-3-4-8-15(12)13/h3-4,6,8,13H,1-2,5,7,9-11,16H2. The Bertz CT molecular complexity index is 386. The first-order valence-electron chi connectivity index (χ1n) is 6.61. The highest BCUT2D eigenvalue weighted by atomic mass is 16.1. The number of Topliss-reactive ketones (excluding diaryl/α,β-unsaturated/α-hetero) is 1. The normalized spacial score (nSPS) is 17.4. The summed E-state index contributed by atoms with van der Waals surface area (Å²) in [4.78, 5) is 11.8. The third-order valence-corrected chi connectivity index (χ3v) is 3.60. The van der Waals surface area contributed by atoms with Crippen LogP contribution in [0.1, 0.15) is 49.1 Å². The molecule has 1 atom stereocenters. The Labute approximate surface area is 103 Å². The third-order valence-electron chi connectivity index (χ3n) is 3.60. The van der Waals surface area contributed by atoms with Crippen LogP contribution >= 0.6 is 0 Å². The first kappa shape index (κ1) is 12.3. The Morgan fingerprint density at radius 2 is 2.06 bits per heavy atom. The third kappa shape index (κ3) is 3.16. The summed E-state index contributed by atoms with van der Waals surface area (Å²) < 4.78 is 0. The second kappa shape index (κ2) is 5.97. The number of rotatable bonds is 7. The van der Waals surface area contributed by atoms with Gasteiger partial charge in [-0.1, -0.05) is 30.7 Å². The molecule has 2 rings (SSSR count). The Morgan fingerprint density at radius 1 is 1.24 bits per heavy atom. The first-order chi connectivity index (χ1) is 8.31. The number of unbranched alkanes of at least 4 members (excludes halogenated alkanes) is 2. The van der Waals surface area contributed by atoms with Crippen LogP contribution in [-0.4, -0.2) is 12.3 Å². The zero-order chi connectivity index (χ0) is 12.1. The van der Waals surface area contributed by atoms with E-state index in [0.717, 1.165) is 45.1 Å². The number of ketones is 1. The van der Waals surface area contributed by atoms with E-state index in [4.69, 9.17) is 5.73 Å². The number of hydrogen-bond donors (Lipinski definition) is 1. The Morgan fingerprint density at radius 3 is 2.82 bits per heavy atom. The Hall–Kier alpha value is -1.15. The molecule has 92 valence electrons. The molecule has 2 heteroatoms. The van der Waals surface area contributed by atoms with Gasteiger partial charge in [-0.3, -0.25) is 4.79 Å². The fourth-order valence-electron chi connectivity index (χ4n) is 2.56. The van der Waals surface area contributed by atoms with E-state index in [1.54, 1.807) is 0 Å². The molecule has 0 heterocycles. The first-order valence-corrected chi connectivity index (χ1v) is 6.61. The van der Waals surface area contributed by atoms with Gasteiger partial charge in [0.05, 0.1) is 0 Å². The predicted octanol–water partition coefficient (Wildman–Crippen LogP) is 2.80. The molecule has 1 aliphatic rings. The van der Waals surface area contributed by atoms with Gasteiger partial charge in [0.1, 0.15) is 5.78 Å². The molecule has 0 spiro atoms. The van der Waals surface area contributed by atoms with Crippen LogP contribution in [0.5, 0.6) is 0 Å². The van der Waals surface area contributed by atoms with E-state index in [9.17, 15) is 4.79 Å². The monoisotopic (exact) mass is 231 g/mol. The highest BCUT2D eigenvalue weighted by molar-refractivity contribution is 5.79. The van der Waals surface area contributed by atoms with Gasteiger partial charge in [0, 0.05) is 12.8 Å². The number of nitrogens with two attached hydrogens (primary N) is 1. The molecule has 1 aliphatic carbocycles. The van der Waals surface area contributed by atoms with E-state index in [2.05, 4.69) is 24.3 Å². The Balaban J connectivity index is 1.71. The molecule has 0 aliphatic heterocycles. The van der Waals surface area contributed by atoms with Gasteiger partial charge in [0.2, 0.25) is 0 Å². The minimum atomic E-state index is 0.418. The largest absolute Gasteiger partial charge is 0.330 e. The van der Waals surface area contributed by atoms with Crippen LogP contribution < -0.4 is 5.73 Å². The molecule has 1 unspecified atom stereocenters. The maximum Gasteiger partial charge on any atom is 0.133 e. The van der Waals surface area contributed by atoms with Crippen LogP contribution in [0.25, 0.3) is 0 Å². The van der Waals surface area contributed by atoms with E-state index < -0.39 is 0 Å². The van der Waals surface area contributed by atoms with Gasteiger partial charge in [-0.2, -0.15) is 0 Å². The molecule has 17 heavy (non-hydrogen) atoms. The van der Waals surface area contributed by atoms with Crippen LogP contribution in [0.15, 0.2) is 24.3 Å². The fraction of sp³-hybridized carbons (Fsp3) is 0.533. The van der Waals surface area contributed by atoms with Crippen LogP contribution in [0, 0.1) is 0 Å². The second-order valence-corrected chi connectivity index (χ2v) is 4.94.